The third-order valence-electron chi connectivity index (χ3n) is 2.91. The average molecular weight is 282 g/mol. The van der Waals surface area contributed by atoms with Crippen LogP contribution in [-0.4, -0.2) is 20.7 Å². The van der Waals surface area contributed by atoms with Crippen molar-refractivity contribution in [1.29, 1.82) is 0 Å². The highest BCUT2D eigenvalue weighted by molar-refractivity contribution is 6.05. The number of aromatic nitrogens is 3. The van der Waals surface area contributed by atoms with Crippen LogP contribution in [0.5, 0.6) is 0 Å². The number of nitrogens with zero attached hydrogens (tertiary/aromatic N) is 3. The van der Waals surface area contributed by atoms with Gasteiger partial charge in [-0.05, 0) is 30.3 Å². The van der Waals surface area contributed by atoms with E-state index in [1.807, 2.05) is 12.1 Å². The van der Waals surface area contributed by atoms with E-state index in [9.17, 15) is 9.18 Å². The second-order valence-electron chi connectivity index (χ2n) is 4.26. The number of carbonyl (C=O) groups is 1. The standard InChI is InChI=1S/C15H11FN4O/c16-14-11(5-3-8-17-14)15(21)19-12-6-1-2-7-13(12)20-10-4-9-18-20/h1-10H,(H,19,21). The van der Waals surface area contributed by atoms with E-state index in [2.05, 4.69) is 15.4 Å². The van der Waals surface area contributed by atoms with E-state index in [0.29, 0.717) is 11.4 Å². The highest BCUT2D eigenvalue weighted by atomic mass is 19.1. The zero-order chi connectivity index (χ0) is 14.7. The molecule has 0 saturated carbocycles. The average Bonchev–Trinajstić information content (AvgIpc) is 3.02. The van der Waals surface area contributed by atoms with Crippen molar-refractivity contribution in [3.63, 3.8) is 0 Å². The van der Waals surface area contributed by atoms with Crippen LogP contribution >= 0.6 is 0 Å². The van der Waals surface area contributed by atoms with E-state index in [-0.39, 0.29) is 5.56 Å². The first-order chi connectivity index (χ1) is 10.3. The number of benzene rings is 1. The number of pyridine rings is 1. The van der Waals surface area contributed by atoms with E-state index >= 15 is 0 Å². The van der Waals surface area contributed by atoms with E-state index in [0.717, 1.165) is 0 Å². The van der Waals surface area contributed by atoms with Gasteiger partial charge in [-0.15, -0.1) is 0 Å². The van der Waals surface area contributed by atoms with Crippen molar-refractivity contribution in [2.24, 2.45) is 0 Å². The van der Waals surface area contributed by atoms with Gasteiger partial charge in [0.1, 0.15) is 0 Å². The number of carbonyl (C=O) groups excluding carboxylic acids is 1. The molecule has 0 aliphatic rings. The van der Waals surface area contributed by atoms with Gasteiger partial charge in [0.25, 0.3) is 5.91 Å². The SMILES string of the molecule is O=C(Nc1ccccc1-n1cccn1)c1cccnc1F. The van der Waals surface area contributed by atoms with Crippen molar-refractivity contribution in [2.75, 3.05) is 5.32 Å². The summed E-state index contributed by atoms with van der Waals surface area (Å²) < 4.78 is 15.1. The zero-order valence-corrected chi connectivity index (χ0v) is 10.9. The van der Waals surface area contributed by atoms with Crippen LogP contribution in [0.2, 0.25) is 0 Å². The fraction of sp³-hybridized carbons (Fsp3) is 0. The molecule has 1 N–H and O–H groups in total. The summed E-state index contributed by atoms with van der Waals surface area (Å²) in [7, 11) is 0. The molecule has 0 bridgehead atoms. The van der Waals surface area contributed by atoms with Gasteiger partial charge >= 0.3 is 0 Å². The smallest absolute Gasteiger partial charge is 0.260 e. The molecular formula is C15H11FN4O. The normalized spacial score (nSPS) is 10.3. The van der Waals surface area contributed by atoms with Gasteiger partial charge in [0, 0.05) is 18.6 Å². The molecule has 0 unspecified atom stereocenters. The van der Waals surface area contributed by atoms with Crippen molar-refractivity contribution in [2.45, 2.75) is 0 Å². The minimum absolute atomic E-state index is 0.104. The van der Waals surface area contributed by atoms with Gasteiger partial charge in [-0.3, -0.25) is 4.79 Å². The zero-order valence-electron chi connectivity index (χ0n) is 10.9. The number of halogens is 1. The molecule has 0 atom stereocenters. The number of hydrogen-bond acceptors (Lipinski definition) is 3. The van der Waals surface area contributed by atoms with Crippen LogP contribution < -0.4 is 5.32 Å². The molecule has 104 valence electrons. The third-order valence-corrected chi connectivity index (χ3v) is 2.91. The largest absolute Gasteiger partial charge is 0.320 e. The van der Waals surface area contributed by atoms with Crippen LogP contribution in [0.1, 0.15) is 10.4 Å². The molecule has 0 radical (unpaired) electrons. The predicted octanol–water partition coefficient (Wildman–Crippen LogP) is 2.66. The molecule has 1 amide bonds. The fourth-order valence-electron chi connectivity index (χ4n) is 1.94. The lowest BCUT2D eigenvalue weighted by molar-refractivity contribution is 0.102. The van der Waals surface area contributed by atoms with Gasteiger partial charge < -0.3 is 5.32 Å². The Balaban J connectivity index is 1.93. The van der Waals surface area contributed by atoms with E-state index in [1.165, 1.54) is 18.3 Å². The topological polar surface area (TPSA) is 59.8 Å². The maximum Gasteiger partial charge on any atom is 0.260 e. The molecular weight excluding hydrogens is 271 g/mol. The molecule has 2 aromatic heterocycles. The minimum Gasteiger partial charge on any atom is -0.320 e. The summed E-state index contributed by atoms with van der Waals surface area (Å²) in [5.41, 5.74) is 1.13. The first-order valence-electron chi connectivity index (χ1n) is 6.26. The molecule has 0 spiro atoms. The van der Waals surface area contributed by atoms with Gasteiger partial charge in [-0.2, -0.15) is 9.49 Å². The Kier molecular flexibility index (Phi) is 3.42. The third kappa shape index (κ3) is 2.64. The summed E-state index contributed by atoms with van der Waals surface area (Å²) >= 11 is 0. The van der Waals surface area contributed by atoms with Crippen molar-refractivity contribution in [3.8, 4) is 5.69 Å². The summed E-state index contributed by atoms with van der Waals surface area (Å²) in [6.07, 6.45) is 4.69. The molecule has 0 aliphatic heterocycles. The van der Waals surface area contributed by atoms with Gasteiger partial charge in [-0.1, -0.05) is 12.1 Å². The lowest BCUT2D eigenvalue weighted by Gasteiger charge is -2.11. The van der Waals surface area contributed by atoms with Gasteiger partial charge in [-0.25, -0.2) is 9.67 Å². The van der Waals surface area contributed by atoms with Crippen LogP contribution in [-0.2, 0) is 0 Å². The van der Waals surface area contributed by atoms with Crippen molar-refractivity contribution >= 4 is 11.6 Å². The van der Waals surface area contributed by atoms with E-state index < -0.39 is 11.9 Å². The molecule has 2 heterocycles. The molecule has 0 fully saturated rings. The van der Waals surface area contributed by atoms with Gasteiger partial charge in [0.15, 0.2) is 0 Å². The quantitative estimate of drug-likeness (QED) is 0.751. The lowest BCUT2D eigenvalue weighted by atomic mass is 10.2. The molecule has 5 nitrogen and oxygen atoms in total. The number of anilines is 1. The highest BCUT2D eigenvalue weighted by Crippen LogP contribution is 2.20. The Morgan fingerprint density at radius 2 is 1.95 bits per heavy atom. The summed E-state index contributed by atoms with van der Waals surface area (Å²) in [6, 6.07) is 11.8. The summed E-state index contributed by atoms with van der Waals surface area (Å²) in [5, 5.41) is 6.80. The Bertz CT molecular complexity index is 771. The van der Waals surface area contributed by atoms with Gasteiger partial charge in [0.2, 0.25) is 5.95 Å². The molecule has 1 aromatic carbocycles. The molecule has 0 saturated heterocycles. The second-order valence-corrected chi connectivity index (χ2v) is 4.26. The van der Waals surface area contributed by atoms with Crippen LogP contribution in [0.4, 0.5) is 10.1 Å². The summed E-state index contributed by atoms with van der Waals surface area (Å²) in [4.78, 5) is 15.6. The molecule has 21 heavy (non-hydrogen) atoms. The lowest BCUT2D eigenvalue weighted by Crippen LogP contribution is -2.16. The predicted molar refractivity (Wildman–Crippen MR) is 75.7 cm³/mol. The fourth-order valence-corrected chi connectivity index (χ4v) is 1.94. The van der Waals surface area contributed by atoms with Crippen molar-refractivity contribution < 1.29 is 9.18 Å². The first kappa shape index (κ1) is 13.0. The Morgan fingerprint density at radius 1 is 1.10 bits per heavy atom. The van der Waals surface area contributed by atoms with Crippen molar-refractivity contribution in [3.05, 3.63) is 72.6 Å². The maximum absolute atomic E-state index is 13.5. The number of amides is 1. The molecule has 0 aliphatic carbocycles. The van der Waals surface area contributed by atoms with Crippen LogP contribution in [0.3, 0.4) is 0 Å². The Hall–Kier alpha value is -3.02. The van der Waals surface area contributed by atoms with E-state index in [1.54, 1.807) is 35.3 Å². The van der Waals surface area contributed by atoms with Gasteiger partial charge in [0.05, 0.1) is 16.9 Å². The molecule has 3 rings (SSSR count). The number of nitrogens with one attached hydrogen (secondary N) is 1. The second kappa shape index (κ2) is 5.54. The van der Waals surface area contributed by atoms with Crippen LogP contribution in [0, 0.1) is 5.95 Å². The van der Waals surface area contributed by atoms with Crippen LogP contribution in [0.25, 0.3) is 5.69 Å². The van der Waals surface area contributed by atoms with Crippen molar-refractivity contribution in [1.82, 2.24) is 14.8 Å². The minimum atomic E-state index is -0.799. The Morgan fingerprint density at radius 3 is 2.71 bits per heavy atom. The highest BCUT2D eigenvalue weighted by Gasteiger charge is 2.14. The number of rotatable bonds is 3. The van der Waals surface area contributed by atoms with E-state index in [4.69, 9.17) is 0 Å². The Labute approximate surface area is 120 Å². The van der Waals surface area contributed by atoms with Crippen LogP contribution in [0.15, 0.2) is 61.1 Å². The monoisotopic (exact) mass is 282 g/mol. The molecule has 6 heteroatoms. The summed E-state index contributed by atoms with van der Waals surface area (Å²) in [5.74, 6) is -1.35. The number of hydrogen-bond donors (Lipinski definition) is 1. The first-order valence-corrected chi connectivity index (χ1v) is 6.26. The number of para-hydroxylation sites is 2. The summed E-state index contributed by atoms with van der Waals surface area (Å²) in [6.45, 7) is 0. The molecule has 3 aromatic rings. The maximum atomic E-state index is 13.5.